The van der Waals surface area contributed by atoms with Crippen molar-refractivity contribution in [1.29, 1.82) is 0 Å². The highest BCUT2D eigenvalue weighted by Crippen LogP contribution is 2.23. The molecular weight excluding hydrogens is 208 g/mol. The van der Waals surface area contributed by atoms with Gasteiger partial charge in [-0.2, -0.15) is 0 Å². The lowest BCUT2D eigenvalue weighted by atomic mass is 9.88. The van der Waals surface area contributed by atoms with Crippen LogP contribution in [0.2, 0.25) is 0 Å². The minimum atomic E-state index is -5.08. The monoisotopic (exact) mass is 215 g/mol. The number of ether oxygens (including phenoxy) is 1. The van der Waals surface area contributed by atoms with Gasteiger partial charge in [0, 0.05) is 11.0 Å². The van der Waals surface area contributed by atoms with Crippen LogP contribution in [0, 0.1) is 0 Å². The van der Waals surface area contributed by atoms with E-state index >= 15 is 0 Å². The maximum absolute atomic E-state index is 12.3. The molecule has 0 aliphatic rings. The largest absolute Gasteiger partial charge is 0.544 e. The quantitative estimate of drug-likeness (QED) is 0.718. The Balaban J connectivity index is 2.56. The number of methoxy groups -OCH3 is 1. The first-order valence-electron chi connectivity index (χ1n) is 4.28. The molecule has 0 fully saturated rings. The molecule has 0 aliphatic heterocycles. The van der Waals surface area contributed by atoms with Gasteiger partial charge in [-0.15, -0.1) is 0 Å². The van der Waals surface area contributed by atoms with Crippen molar-refractivity contribution in [2.75, 3.05) is 7.11 Å². The Labute approximate surface area is 83.7 Å². The Morgan fingerprint density at radius 3 is 2.53 bits per heavy atom. The smallest absolute Gasteiger partial charge is 0.497 e. The summed E-state index contributed by atoms with van der Waals surface area (Å²) in [5.74, 6) is 0.504. The summed E-state index contributed by atoms with van der Waals surface area (Å²) in [5, 5.41) is 0.392. The van der Waals surface area contributed by atoms with Gasteiger partial charge in [0.1, 0.15) is 11.3 Å². The molecule has 0 N–H and O–H groups in total. The summed E-state index contributed by atoms with van der Waals surface area (Å²) in [6, 6.07) is 5.50. The first kappa shape index (κ1) is 9.95. The summed E-state index contributed by atoms with van der Waals surface area (Å²) in [5.41, 5.74) is -0.719. The molecule has 2 aromatic rings. The third-order valence-electron chi connectivity index (χ3n) is 2.07. The molecule has 0 bridgehead atoms. The van der Waals surface area contributed by atoms with Gasteiger partial charge in [0.05, 0.1) is 7.11 Å². The van der Waals surface area contributed by atoms with E-state index in [1.54, 1.807) is 6.07 Å². The Morgan fingerprint density at radius 2 is 1.93 bits per heavy atom. The second kappa shape index (κ2) is 3.22. The summed E-state index contributed by atoms with van der Waals surface area (Å²) in [6.45, 7) is -5.08. The topological polar surface area (TPSA) is 22.4 Å². The molecule has 0 saturated carbocycles. The Hall–Kier alpha value is -1.59. The predicted octanol–water partition coefficient (Wildman–Crippen LogP) is 2.50. The van der Waals surface area contributed by atoms with Gasteiger partial charge in [0.2, 0.25) is 0 Å². The summed E-state index contributed by atoms with van der Waals surface area (Å²) in [6.07, 6.45) is 0. The zero-order chi connectivity index (χ0) is 11.1. The number of hydrogen-bond acceptors (Lipinski definition) is 2. The highest BCUT2D eigenvalue weighted by atomic mass is 19.4. The fourth-order valence-corrected chi connectivity index (χ4v) is 1.33. The minimum Gasteiger partial charge on any atom is -0.497 e. The van der Waals surface area contributed by atoms with E-state index in [-0.39, 0.29) is 5.58 Å². The third-order valence-corrected chi connectivity index (χ3v) is 2.07. The molecule has 2 rings (SSSR count). The van der Waals surface area contributed by atoms with Gasteiger partial charge in [-0.25, -0.2) is 0 Å². The molecule has 80 valence electrons. The van der Waals surface area contributed by atoms with Crippen LogP contribution < -0.4 is 10.4 Å². The van der Waals surface area contributed by atoms with Gasteiger partial charge in [-0.3, -0.25) is 0 Å². The molecule has 0 unspecified atom stereocenters. The van der Waals surface area contributed by atoms with Crippen LogP contribution in [0.5, 0.6) is 5.75 Å². The number of rotatable bonds is 2. The van der Waals surface area contributed by atoms with Crippen LogP contribution in [0.1, 0.15) is 0 Å². The van der Waals surface area contributed by atoms with E-state index in [1.165, 1.54) is 19.2 Å². The van der Waals surface area contributed by atoms with E-state index in [2.05, 4.69) is 4.42 Å². The molecule has 1 heterocycles. The zero-order valence-corrected chi connectivity index (χ0v) is 7.84. The molecule has 1 aromatic heterocycles. The zero-order valence-electron chi connectivity index (χ0n) is 7.84. The summed E-state index contributed by atoms with van der Waals surface area (Å²) < 4.78 is 46.6. The molecule has 15 heavy (non-hydrogen) atoms. The highest BCUT2D eigenvalue weighted by Gasteiger charge is 2.30. The van der Waals surface area contributed by atoms with Crippen molar-refractivity contribution in [1.82, 2.24) is 0 Å². The SMILES string of the molecule is COc1ccc2oc([B-](F)(F)F)cc2c1. The van der Waals surface area contributed by atoms with E-state index in [0.717, 1.165) is 6.07 Å². The van der Waals surface area contributed by atoms with Crippen molar-refractivity contribution in [3.05, 3.63) is 24.3 Å². The van der Waals surface area contributed by atoms with Crippen molar-refractivity contribution < 1.29 is 22.1 Å². The van der Waals surface area contributed by atoms with Crippen LogP contribution >= 0.6 is 0 Å². The number of fused-ring (bicyclic) bond motifs is 1. The second-order valence-electron chi connectivity index (χ2n) is 3.13. The summed E-state index contributed by atoms with van der Waals surface area (Å²) in [4.78, 5) is 0. The van der Waals surface area contributed by atoms with Gasteiger partial charge in [-0.1, -0.05) is 0 Å². The van der Waals surface area contributed by atoms with Gasteiger partial charge < -0.3 is 22.1 Å². The lowest BCUT2D eigenvalue weighted by Gasteiger charge is -2.08. The van der Waals surface area contributed by atoms with E-state index in [9.17, 15) is 12.9 Å². The van der Waals surface area contributed by atoms with Crippen molar-refractivity contribution >= 4 is 23.6 Å². The van der Waals surface area contributed by atoms with Gasteiger partial charge in [0.25, 0.3) is 0 Å². The molecule has 6 heteroatoms. The molecule has 2 nitrogen and oxygen atoms in total. The van der Waals surface area contributed by atoms with Crippen molar-refractivity contribution in [2.45, 2.75) is 0 Å². The average Bonchev–Trinajstić information content (AvgIpc) is 2.59. The number of hydrogen-bond donors (Lipinski definition) is 0. The molecule has 1 aromatic carbocycles. The fourth-order valence-electron chi connectivity index (χ4n) is 1.33. The molecule has 0 saturated heterocycles. The fraction of sp³-hybridized carbons (Fsp3) is 0.111. The van der Waals surface area contributed by atoms with E-state index in [4.69, 9.17) is 4.74 Å². The van der Waals surface area contributed by atoms with Crippen molar-refractivity contribution in [2.24, 2.45) is 0 Å². The first-order valence-corrected chi connectivity index (χ1v) is 4.28. The predicted molar refractivity (Wildman–Crippen MR) is 51.5 cm³/mol. The molecule has 0 atom stereocenters. The molecule has 0 spiro atoms. The lowest BCUT2D eigenvalue weighted by molar-refractivity contribution is 0.415. The third kappa shape index (κ3) is 1.79. The van der Waals surface area contributed by atoms with Crippen LogP contribution in [0.15, 0.2) is 28.7 Å². The van der Waals surface area contributed by atoms with Crippen LogP contribution in [0.25, 0.3) is 11.0 Å². The van der Waals surface area contributed by atoms with E-state index in [1.807, 2.05) is 0 Å². The van der Waals surface area contributed by atoms with Crippen LogP contribution in [0.4, 0.5) is 12.9 Å². The van der Waals surface area contributed by atoms with E-state index < -0.39 is 12.6 Å². The number of halogens is 3. The number of furan rings is 1. The van der Waals surface area contributed by atoms with Crippen LogP contribution in [-0.2, 0) is 0 Å². The Morgan fingerprint density at radius 1 is 1.20 bits per heavy atom. The van der Waals surface area contributed by atoms with Gasteiger partial charge in [0.15, 0.2) is 0 Å². The van der Waals surface area contributed by atoms with Crippen molar-refractivity contribution in [3.8, 4) is 5.75 Å². The van der Waals surface area contributed by atoms with Crippen LogP contribution in [0.3, 0.4) is 0 Å². The molecule has 0 radical (unpaired) electrons. The molecular formula is C9H7BF3O2-. The average molecular weight is 215 g/mol. The Kier molecular flexibility index (Phi) is 2.14. The van der Waals surface area contributed by atoms with E-state index in [0.29, 0.717) is 11.1 Å². The minimum absolute atomic E-state index is 0.213. The van der Waals surface area contributed by atoms with Crippen molar-refractivity contribution in [3.63, 3.8) is 0 Å². The van der Waals surface area contributed by atoms with Gasteiger partial charge in [-0.05, 0) is 24.3 Å². The Bertz CT molecular complexity index is 490. The summed E-state index contributed by atoms with van der Waals surface area (Å²) in [7, 11) is 1.45. The molecule has 0 amide bonds. The normalized spacial score (nSPS) is 12.0. The number of benzene rings is 1. The second-order valence-corrected chi connectivity index (χ2v) is 3.13. The molecule has 0 aliphatic carbocycles. The van der Waals surface area contributed by atoms with Gasteiger partial charge >= 0.3 is 6.98 Å². The maximum Gasteiger partial charge on any atom is 0.544 e. The summed E-state index contributed by atoms with van der Waals surface area (Å²) >= 11 is 0. The first-order chi connectivity index (χ1) is 7.00. The van der Waals surface area contributed by atoms with Crippen LogP contribution in [-0.4, -0.2) is 14.1 Å². The standard InChI is InChI=1S/C9H7BF3O2/c1-14-7-2-3-8-6(4-7)5-9(15-8)10(11,12)13/h2-5H,1H3/q-1. The lowest BCUT2D eigenvalue weighted by Crippen LogP contribution is -2.32. The highest BCUT2D eigenvalue weighted by molar-refractivity contribution is 6.72. The maximum atomic E-state index is 12.3.